The zero-order chi connectivity index (χ0) is 33.4. The van der Waals surface area contributed by atoms with E-state index in [2.05, 4.69) is 5.32 Å². The van der Waals surface area contributed by atoms with Crippen LogP contribution >= 0.6 is 0 Å². The Labute approximate surface area is 270 Å². The molecule has 1 N–H and O–H groups in total. The van der Waals surface area contributed by atoms with Gasteiger partial charge in [-0.15, -0.1) is 0 Å². The van der Waals surface area contributed by atoms with E-state index >= 15 is 4.39 Å². The van der Waals surface area contributed by atoms with Crippen LogP contribution < -0.4 is 14.4 Å². The van der Waals surface area contributed by atoms with Crippen LogP contribution in [0.1, 0.15) is 36.1 Å². The number of nitrogens with zero attached hydrogens (tertiary/aromatic N) is 2. The molecule has 0 aliphatic rings. The van der Waals surface area contributed by atoms with Gasteiger partial charge in [0.15, 0.2) is 0 Å². The molecule has 242 valence electrons. The smallest absolute Gasteiger partial charge is 0.264 e. The number of aryl methyl sites for hydroxylation is 2. The summed E-state index contributed by atoms with van der Waals surface area (Å²) in [5.74, 6) is -1.44. The van der Waals surface area contributed by atoms with Crippen molar-refractivity contribution in [2.75, 3.05) is 18.0 Å². The van der Waals surface area contributed by atoms with E-state index in [1.54, 1.807) is 63.2 Å². The van der Waals surface area contributed by atoms with Crippen LogP contribution in [0, 0.1) is 19.7 Å². The van der Waals surface area contributed by atoms with Crippen LogP contribution in [0.2, 0.25) is 0 Å². The first kappa shape index (κ1) is 34.2. The monoisotopic (exact) mass is 645 g/mol. The van der Waals surface area contributed by atoms with Gasteiger partial charge in [-0.2, -0.15) is 0 Å². The first-order valence-electron chi connectivity index (χ1n) is 15.0. The Balaban J connectivity index is 1.86. The van der Waals surface area contributed by atoms with Gasteiger partial charge in [0.2, 0.25) is 11.8 Å². The Kier molecular flexibility index (Phi) is 11.2. The summed E-state index contributed by atoms with van der Waals surface area (Å²) < 4.78 is 50.2. The Bertz CT molecular complexity index is 1760. The van der Waals surface area contributed by atoms with E-state index in [1.165, 1.54) is 36.3 Å². The second-order valence-corrected chi connectivity index (χ2v) is 13.3. The molecule has 1 atom stereocenters. The Morgan fingerprint density at radius 2 is 1.50 bits per heavy atom. The van der Waals surface area contributed by atoms with Crippen molar-refractivity contribution in [2.45, 2.75) is 57.6 Å². The van der Waals surface area contributed by atoms with Crippen molar-refractivity contribution in [3.63, 3.8) is 0 Å². The molecule has 4 aromatic rings. The van der Waals surface area contributed by atoms with Crippen LogP contribution in [0.3, 0.4) is 0 Å². The van der Waals surface area contributed by atoms with E-state index in [-0.39, 0.29) is 40.9 Å². The third-order valence-electron chi connectivity index (χ3n) is 7.49. The van der Waals surface area contributed by atoms with Crippen molar-refractivity contribution in [3.8, 4) is 5.75 Å². The summed E-state index contributed by atoms with van der Waals surface area (Å²) in [4.78, 5) is 29.6. The summed E-state index contributed by atoms with van der Waals surface area (Å²) >= 11 is 0. The van der Waals surface area contributed by atoms with E-state index < -0.39 is 40.2 Å². The van der Waals surface area contributed by atoms with Crippen LogP contribution in [0.15, 0.2) is 102 Å². The number of benzene rings is 4. The maximum absolute atomic E-state index is 15.1. The van der Waals surface area contributed by atoms with Crippen LogP contribution in [-0.2, 0) is 32.6 Å². The lowest BCUT2D eigenvalue weighted by molar-refractivity contribution is -0.140. The van der Waals surface area contributed by atoms with Crippen LogP contribution in [0.25, 0.3) is 0 Å². The molecule has 0 spiro atoms. The second-order valence-electron chi connectivity index (χ2n) is 11.5. The molecule has 0 saturated carbocycles. The Morgan fingerprint density at radius 3 is 2.13 bits per heavy atom. The molecule has 4 rings (SSSR count). The predicted octanol–water partition coefficient (Wildman–Crippen LogP) is 5.81. The van der Waals surface area contributed by atoms with Gasteiger partial charge >= 0.3 is 0 Å². The normalized spacial score (nSPS) is 12.0. The molecule has 46 heavy (non-hydrogen) atoms. The van der Waals surface area contributed by atoms with Gasteiger partial charge in [0, 0.05) is 24.6 Å². The highest BCUT2D eigenvalue weighted by Crippen LogP contribution is 2.34. The van der Waals surface area contributed by atoms with E-state index in [4.69, 9.17) is 4.74 Å². The Morgan fingerprint density at radius 1 is 0.870 bits per heavy atom. The quantitative estimate of drug-likeness (QED) is 0.198. The highest BCUT2D eigenvalue weighted by Gasteiger charge is 2.36. The fraction of sp³-hybridized carbons (Fsp3) is 0.278. The lowest BCUT2D eigenvalue weighted by Crippen LogP contribution is -2.54. The van der Waals surface area contributed by atoms with Gasteiger partial charge in [0.1, 0.15) is 24.2 Å². The number of sulfonamides is 1. The van der Waals surface area contributed by atoms with E-state index in [1.807, 2.05) is 37.3 Å². The molecule has 8 nitrogen and oxygen atoms in total. The number of nitrogens with one attached hydrogen (secondary N) is 1. The fourth-order valence-corrected chi connectivity index (χ4v) is 6.51. The third-order valence-corrected chi connectivity index (χ3v) is 9.27. The lowest BCUT2D eigenvalue weighted by Gasteiger charge is -2.34. The summed E-state index contributed by atoms with van der Waals surface area (Å²) in [6, 6.07) is 25.2. The number of ether oxygens (including phenoxy) is 1. The van der Waals surface area contributed by atoms with Gasteiger partial charge in [0.25, 0.3) is 10.0 Å². The fourth-order valence-electron chi connectivity index (χ4n) is 5.09. The maximum atomic E-state index is 15.1. The number of hydrogen-bond acceptors (Lipinski definition) is 5. The number of rotatable bonds is 13. The predicted molar refractivity (Wildman–Crippen MR) is 178 cm³/mol. The van der Waals surface area contributed by atoms with Gasteiger partial charge in [-0.1, -0.05) is 72.3 Å². The van der Waals surface area contributed by atoms with Gasteiger partial charge in [-0.05, 0) is 69.2 Å². The summed E-state index contributed by atoms with van der Waals surface area (Å²) in [5.41, 5.74) is 2.74. The third kappa shape index (κ3) is 8.31. The molecule has 1 unspecified atom stereocenters. The summed E-state index contributed by atoms with van der Waals surface area (Å²) in [7, 11) is -2.90. The standard InChI is InChI=1S/C36H40FN3O5S/c1-25(2)38-36(42)33(22-28-11-7-6-8-12-28)39(23-29-13-9-10-14-31(29)37)35(41)24-40(32-21-27(4)17-20-34(32)45-5)46(43,44)30-18-15-26(3)16-19-30/h6-21,25,33H,22-24H2,1-5H3,(H,38,42). The molecule has 0 aromatic heterocycles. The average molecular weight is 646 g/mol. The van der Waals surface area contributed by atoms with Gasteiger partial charge < -0.3 is 15.0 Å². The van der Waals surface area contributed by atoms with Crippen molar-refractivity contribution in [1.29, 1.82) is 0 Å². The molecule has 0 fully saturated rings. The topological polar surface area (TPSA) is 96.0 Å². The molecule has 0 aliphatic heterocycles. The van der Waals surface area contributed by atoms with Crippen molar-refractivity contribution in [1.82, 2.24) is 10.2 Å². The highest BCUT2D eigenvalue weighted by atomic mass is 32.2. The molecule has 0 aliphatic carbocycles. The molecule has 0 heterocycles. The van der Waals surface area contributed by atoms with E-state index in [9.17, 15) is 18.0 Å². The van der Waals surface area contributed by atoms with Crippen LogP contribution in [-0.4, -0.2) is 50.9 Å². The molecule has 0 bridgehead atoms. The largest absolute Gasteiger partial charge is 0.495 e. The number of halogens is 1. The molecular formula is C36H40FN3O5S. The first-order chi connectivity index (χ1) is 21.9. The number of carbonyl (C=O) groups excluding carboxylic acids is 2. The average Bonchev–Trinajstić information content (AvgIpc) is 3.02. The molecular weight excluding hydrogens is 605 g/mol. The zero-order valence-corrected chi connectivity index (χ0v) is 27.6. The number of carbonyl (C=O) groups is 2. The second kappa shape index (κ2) is 15.1. The minimum Gasteiger partial charge on any atom is -0.495 e. The molecule has 4 aromatic carbocycles. The number of hydrogen-bond donors (Lipinski definition) is 1. The first-order valence-corrected chi connectivity index (χ1v) is 16.5. The lowest BCUT2D eigenvalue weighted by atomic mass is 10.0. The van der Waals surface area contributed by atoms with Gasteiger partial charge in [-0.3, -0.25) is 13.9 Å². The SMILES string of the molecule is COc1ccc(C)cc1N(CC(=O)N(Cc1ccccc1F)C(Cc1ccccc1)C(=O)NC(C)C)S(=O)(=O)c1ccc(C)cc1. The van der Waals surface area contributed by atoms with E-state index in [0.717, 1.165) is 21.0 Å². The molecule has 0 saturated heterocycles. The minimum absolute atomic E-state index is 0.0199. The van der Waals surface area contributed by atoms with E-state index in [0.29, 0.717) is 0 Å². The van der Waals surface area contributed by atoms with Gasteiger partial charge in [-0.25, -0.2) is 12.8 Å². The van der Waals surface area contributed by atoms with Crippen LogP contribution in [0.5, 0.6) is 5.75 Å². The summed E-state index contributed by atoms with van der Waals surface area (Å²) in [6.45, 7) is 6.32. The van der Waals surface area contributed by atoms with Crippen molar-refractivity contribution < 1.29 is 27.1 Å². The molecule has 2 amide bonds. The summed E-state index contributed by atoms with van der Waals surface area (Å²) in [6.07, 6.45) is 0.123. The zero-order valence-electron chi connectivity index (χ0n) is 26.7. The van der Waals surface area contributed by atoms with Crippen LogP contribution in [0.4, 0.5) is 10.1 Å². The van der Waals surface area contributed by atoms with Gasteiger partial charge in [0.05, 0.1) is 17.7 Å². The maximum Gasteiger partial charge on any atom is 0.264 e. The summed E-state index contributed by atoms with van der Waals surface area (Å²) in [5, 5.41) is 2.89. The number of amides is 2. The van der Waals surface area contributed by atoms with Crippen molar-refractivity contribution >= 4 is 27.5 Å². The van der Waals surface area contributed by atoms with Crippen molar-refractivity contribution in [2.24, 2.45) is 0 Å². The minimum atomic E-state index is -4.32. The highest BCUT2D eigenvalue weighted by molar-refractivity contribution is 7.92. The van der Waals surface area contributed by atoms with Crippen molar-refractivity contribution in [3.05, 3.63) is 125 Å². The Hall–Kier alpha value is -4.70. The number of anilines is 1. The number of methoxy groups -OCH3 is 1. The molecule has 0 radical (unpaired) electrons. The molecule has 10 heteroatoms.